The van der Waals surface area contributed by atoms with Crippen LogP contribution < -0.4 is 14.8 Å². The van der Waals surface area contributed by atoms with Crippen molar-refractivity contribution in [2.45, 2.75) is 13.5 Å². The van der Waals surface area contributed by atoms with Crippen molar-refractivity contribution in [2.24, 2.45) is 0 Å². The predicted octanol–water partition coefficient (Wildman–Crippen LogP) is 5.85. The van der Waals surface area contributed by atoms with Crippen LogP contribution in [0.4, 0.5) is 5.69 Å². The van der Waals surface area contributed by atoms with Gasteiger partial charge in [0.25, 0.3) is 0 Å². The fourth-order valence-electron chi connectivity index (χ4n) is 2.46. The first-order valence-corrected chi connectivity index (χ1v) is 8.74. The van der Waals surface area contributed by atoms with E-state index in [1.807, 2.05) is 61.5 Å². The van der Waals surface area contributed by atoms with Crippen molar-refractivity contribution in [2.75, 3.05) is 11.9 Å². The summed E-state index contributed by atoms with van der Waals surface area (Å²) >= 11 is 6.06. The molecular weight excluding hydrogens is 350 g/mol. The third-order valence-corrected chi connectivity index (χ3v) is 4.01. The van der Waals surface area contributed by atoms with Crippen LogP contribution in [-0.2, 0) is 6.54 Å². The van der Waals surface area contributed by atoms with Gasteiger partial charge in [0.15, 0.2) is 11.5 Å². The summed E-state index contributed by atoms with van der Waals surface area (Å²) < 4.78 is 11.2. The molecule has 0 amide bonds. The minimum absolute atomic E-state index is 0.0281. The molecule has 4 nitrogen and oxygen atoms in total. The molecule has 5 heteroatoms. The Morgan fingerprint density at radius 2 is 1.65 bits per heavy atom. The van der Waals surface area contributed by atoms with E-state index in [-0.39, 0.29) is 10.8 Å². The summed E-state index contributed by atoms with van der Waals surface area (Å²) in [6, 6.07) is 20.9. The molecule has 0 aliphatic heterocycles. The fraction of sp³-hybridized carbons (Fsp3) is 0.143. The predicted molar refractivity (Wildman–Crippen MR) is 105 cm³/mol. The minimum atomic E-state index is -0.0281. The Morgan fingerprint density at radius 3 is 2.35 bits per heavy atom. The molecule has 0 saturated heterocycles. The Labute approximate surface area is 158 Å². The number of hydrogen-bond acceptors (Lipinski definition) is 4. The highest BCUT2D eigenvalue weighted by Gasteiger charge is 2.09. The van der Waals surface area contributed by atoms with Gasteiger partial charge in [-0.15, -0.1) is 0 Å². The lowest BCUT2D eigenvalue weighted by molar-refractivity contribution is 0.318. The van der Waals surface area contributed by atoms with Crippen molar-refractivity contribution < 1.29 is 14.6 Å². The highest BCUT2D eigenvalue weighted by atomic mass is 35.5. The highest BCUT2D eigenvalue weighted by Crippen LogP contribution is 2.35. The first kappa shape index (κ1) is 18.0. The van der Waals surface area contributed by atoms with Gasteiger partial charge in [0.2, 0.25) is 0 Å². The number of ether oxygens (including phenoxy) is 2. The number of aromatic hydroxyl groups is 1. The Hall–Kier alpha value is -2.85. The quantitative estimate of drug-likeness (QED) is 0.548. The summed E-state index contributed by atoms with van der Waals surface area (Å²) in [5.41, 5.74) is 1.87. The molecule has 3 aromatic rings. The molecule has 134 valence electrons. The van der Waals surface area contributed by atoms with E-state index in [4.69, 9.17) is 21.1 Å². The molecule has 0 aromatic heterocycles. The Morgan fingerprint density at radius 1 is 0.962 bits per heavy atom. The number of phenols is 1. The second-order valence-corrected chi connectivity index (χ2v) is 6.06. The van der Waals surface area contributed by atoms with Crippen LogP contribution in [0, 0.1) is 0 Å². The van der Waals surface area contributed by atoms with Crippen LogP contribution in [0.1, 0.15) is 12.5 Å². The average molecular weight is 370 g/mol. The summed E-state index contributed by atoms with van der Waals surface area (Å²) in [6.45, 7) is 2.87. The maximum atomic E-state index is 9.90. The zero-order chi connectivity index (χ0) is 18.4. The van der Waals surface area contributed by atoms with Crippen LogP contribution in [-0.4, -0.2) is 11.7 Å². The molecule has 0 unspecified atom stereocenters. The van der Waals surface area contributed by atoms with E-state index in [0.29, 0.717) is 18.9 Å². The van der Waals surface area contributed by atoms with E-state index in [2.05, 4.69) is 5.32 Å². The lowest BCUT2D eigenvalue weighted by atomic mass is 10.2. The third kappa shape index (κ3) is 4.61. The van der Waals surface area contributed by atoms with Crippen molar-refractivity contribution in [3.05, 3.63) is 77.3 Å². The molecule has 0 fully saturated rings. The van der Waals surface area contributed by atoms with Gasteiger partial charge in [0.05, 0.1) is 11.6 Å². The van der Waals surface area contributed by atoms with Crippen LogP contribution >= 0.6 is 11.6 Å². The first-order chi connectivity index (χ1) is 12.7. The second kappa shape index (κ2) is 8.50. The molecule has 0 aliphatic rings. The monoisotopic (exact) mass is 369 g/mol. The zero-order valence-electron chi connectivity index (χ0n) is 14.4. The SMILES string of the molecule is CCOc1cc(CNc2ccc(Oc3ccccc3)cc2)cc(Cl)c1O. The van der Waals surface area contributed by atoms with Gasteiger partial charge in [0, 0.05) is 12.2 Å². The summed E-state index contributed by atoms with van der Waals surface area (Å²) in [4.78, 5) is 0. The molecule has 0 saturated carbocycles. The summed E-state index contributed by atoms with van der Waals surface area (Å²) in [5, 5.41) is 13.5. The highest BCUT2D eigenvalue weighted by molar-refractivity contribution is 6.32. The standard InChI is InChI=1S/C21H20ClNO3/c1-2-25-20-13-15(12-19(22)21(20)24)14-23-16-8-10-18(11-9-16)26-17-6-4-3-5-7-17/h3-13,23-24H,2,14H2,1H3. The van der Waals surface area contributed by atoms with Crippen LogP contribution in [0.2, 0.25) is 5.02 Å². The van der Waals surface area contributed by atoms with E-state index in [1.54, 1.807) is 12.1 Å². The fourth-order valence-corrected chi connectivity index (χ4v) is 2.70. The van der Waals surface area contributed by atoms with Gasteiger partial charge >= 0.3 is 0 Å². The van der Waals surface area contributed by atoms with Crippen molar-refractivity contribution in [3.8, 4) is 23.0 Å². The largest absolute Gasteiger partial charge is 0.503 e. The number of rotatable bonds is 7. The van der Waals surface area contributed by atoms with E-state index < -0.39 is 0 Å². The van der Waals surface area contributed by atoms with Crippen molar-refractivity contribution in [3.63, 3.8) is 0 Å². The maximum Gasteiger partial charge on any atom is 0.176 e. The topological polar surface area (TPSA) is 50.7 Å². The molecule has 3 aromatic carbocycles. The van der Waals surface area contributed by atoms with Gasteiger partial charge in [-0.25, -0.2) is 0 Å². The third-order valence-electron chi connectivity index (χ3n) is 3.72. The summed E-state index contributed by atoms with van der Waals surface area (Å²) in [7, 11) is 0. The van der Waals surface area contributed by atoms with E-state index in [9.17, 15) is 5.11 Å². The van der Waals surface area contributed by atoms with Crippen LogP contribution in [0.15, 0.2) is 66.7 Å². The molecule has 0 heterocycles. The van der Waals surface area contributed by atoms with Crippen molar-refractivity contribution in [1.29, 1.82) is 0 Å². The average Bonchev–Trinajstić information content (AvgIpc) is 2.66. The minimum Gasteiger partial charge on any atom is -0.503 e. The summed E-state index contributed by atoms with van der Waals surface area (Å²) in [5.74, 6) is 1.94. The second-order valence-electron chi connectivity index (χ2n) is 5.65. The lowest BCUT2D eigenvalue weighted by Crippen LogP contribution is -2.01. The first-order valence-electron chi connectivity index (χ1n) is 8.36. The zero-order valence-corrected chi connectivity index (χ0v) is 15.2. The van der Waals surface area contributed by atoms with E-state index in [1.165, 1.54) is 0 Å². The Bertz CT molecular complexity index is 851. The molecular formula is C21H20ClNO3. The number of anilines is 1. The smallest absolute Gasteiger partial charge is 0.176 e. The van der Waals surface area contributed by atoms with Crippen LogP contribution in [0.5, 0.6) is 23.0 Å². The molecule has 26 heavy (non-hydrogen) atoms. The molecule has 0 spiro atoms. The van der Waals surface area contributed by atoms with Crippen molar-refractivity contribution in [1.82, 2.24) is 0 Å². The number of phenolic OH excluding ortho intramolecular Hbond substituents is 1. The molecule has 0 aliphatic carbocycles. The van der Waals surface area contributed by atoms with E-state index in [0.717, 1.165) is 22.7 Å². The van der Waals surface area contributed by atoms with Gasteiger partial charge in [-0.2, -0.15) is 0 Å². The number of nitrogens with one attached hydrogen (secondary N) is 1. The van der Waals surface area contributed by atoms with Crippen LogP contribution in [0.3, 0.4) is 0 Å². The molecule has 0 atom stereocenters. The molecule has 0 bridgehead atoms. The van der Waals surface area contributed by atoms with Gasteiger partial charge in [-0.3, -0.25) is 0 Å². The summed E-state index contributed by atoms with van der Waals surface area (Å²) in [6.07, 6.45) is 0. The Balaban J connectivity index is 1.63. The molecule has 0 radical (unpaired) electrons. The van der Waals surface area contributed by atoms with Gasteiger partial charge in [-0.1, -0.05) is 29.8 Å². The van der Waals surface area contributed by atoms with Gasteiger partial charge in [-0.05, 0) is 61.0 Å². The van der Waals surface area contributed by atoms with E-state index >= 15 is 0 Å². The normalized spacial score (nSPS) is 10.4. The lowest BCUT2D eigenvalue weighted by Gasteiger charge is -2.12. The number of halogens is 1. The van der Waals surface area contributed by atoms with Crippen molar-refractivity contribution >= 4 is 17.3 Å². The van der Waals surface area contributed by atoms with Gasteiger partial charge < -0.3 is 19.9 Å². The van der Waals surface area contributed by atoms with Gasteiger partial charge in [0.1, 0.15) is 11.5 Å². The number of para-hydroxylation sites is 1. The Kier molecular flexibility index (Phi) is 5.87. The number of benzene rings is 3. The maximum absolute atomic E-state index is 9.90. The molecule has 2 N–H and O–H groups in total. The molecule has 3 rings (SSSR count). The number of hydrogen-bond donors (Lipinski definition) is 2. The van der Waals surface area contributed by atoms with Crippen LogP contribution in [0.25, 0.3) is 0 Å².